The van der Waals surface area contributed by atoms with Gasteiger partial charge in [-0.1, -0.05) is 34.1 Å². The van der Waals surface area contributed by atoms with Gasteiger partial charge in [0.2, 0.25) is 0 Å². The van der Waals surface area contributed by atoms with E-state index in [1.165, 1.54) is 6.07 Å². The van der Waals surface area contributed by atoms with Gasteiger partial charge in [0, 0.05) is 11.8 Å². The van der Waals surface area contributed by atoms with Crippen molar-refractivity contribution < 1.29 is 8.78 Å². The lowest BCUT2D eigenvalue weighted by atomic mass is 10.1. The van der Waals surface area contributed by atoms with Crippen LogP contribution < -0.4 is 0 Å². The fraction of sp³-hybridized carbons (Fsp3) is 0.333. The van der Waals surface area contributed by atoms with Crippen LogP contribution in [0.3, 0.4) is 0 Å². The van der Waals surface area contributed by atoms with Gasteiger partial charge in [0.05, 0.1) is 0 Å². The molecule has 0 aliphatic heterocycles. The second-order valence-corrected chi connectivity index (χ2v) is 3.19. The molecule has 3 heteroatoms. The normalized spacial score (nSPS) is 12.9. The first kappa shape index (κ1) is 9.65. The Balaban J connectivity index is 2.69. The molecule has 0 unspecified atom stereocenters. The zero-order valence-electron chi connectivity index (χ0n) is 6.43. The van der Waals surface area contributed by atoms with E-state index in [0.717, 1.165) is 0 Å². The summed E-state index contributed by atoms with van der Waals surface area (Å²) < 4.78 is 25.7. The Morgan fingerprint density at radius 2 is 2.00 bits per heavy atom. The third-order valence-corrected chi connectivity index (χ3v) is 2.27. The molecule has 0 radical (unpaired) electrons. The second kappa shape index (κ2) is 4.55. The summed E-state index contributed by atoms with van der Waals surface area (Å²) in [6.07, 6.45) is -0.875. The molecule has 12 heavy (non-hydrogen) atoms. The molecule has 0 amide bonds. The molecule has 1 rings (SSSR count). The first-order chi connectivity index (χ1) is 5.74. The van der Waals surface area contributed by atoms with E-state index in [2.05, 4.69) is 15.9 Å². The average Bonchev–Trinajstić information content (AvgIpc) is 2.09. The van der Waals surface area contributed by atoms with Crippen molar-refractivity contribution in [3.05, 3.63) is 35.6 Å². The van der Waals surface area contributed by atoms with Crippen molar-refractivity contribution >= 4 is 15.9 Å². The minimum absolute atomic E-state index is 0.137. The quantitative estimate of drug-likeness (QED) is 0.706. The molecule has 0 aliphatic rings. The summed E-state index contributed by atoms with van der Waals surface area (Å²) in [4.78, 5) is 0. The van der Waals surface area contributed by atoms with Gasteiger partial charge < -0.3 is 0 Å². The van der Waals surface area contributed by atoms with Crippen LogP contribution in [0.4, 0.5) is 8.78 Å². The Labute approximate surface area is 78.7 Å². The Hall–Kier alpha value is -0.440. The number of hydrogen-bond donors (Lipinski definition) is 0. The van der Waals surface area contributed by atoms with Crippen molar-refractivity contribution in [2.75, 3.05) is 5.33 Å². The highest BCUT2D eigenvalue weighted by atomic mass is 79.9. The van der Waals surface area contributed by atoms with Crippen LogP contribution in [0.25, 0.3) is 0 Å². The Kier molecular flexibility index (Phi) is 3.66. The first-order valence-corrected chi connectivity index (χ1v) is 4.79. The lowest BCUT2D eigenvalue weighted by Gasteiger charge is -2.04. The number of hydrogen-bond acceptors (Lipinski definition) is 0. The van der Waals surface area contributed by atoms with E-state index >= 15 is 0 Å². The van der Waals surface area contributed by atoms with Crippen LogP contribution in [-0.4, -0.2) is 11.5 Å². The van der Waals surface area contributed by atoms with Crippen LogP contribution in [0.2, 0.25) is 0 Å². The van der Waals surface area contributed by atoms with Crippen molar-refractivity contribution in [3.8, 4) is 0 Å². The van der Waals surface area contributed by atoms with Crippen LogP contribution >= 0.6 is 15.9 Å². The Morgan fingerprint density at radius 3 is 2.58 bits per heavy atom. The first-order valence-electron chi connectivity index (χ1n) is 3.67. The Bertz CT molecular complexity index is 250. The highest BCUT2D eigenvalue weighted by molar-refractivity contribution is 9.09. The number of halogens is 3. The van der Waals surface area contributed by atoms with Gasteiger partial charge in [0.25, 0.3) is 0 Å². The highest BCUT2D eigenvalue weighted by Gasteiger charge is 2.08. The van der Waals surface area contributed by atoms with Crippen LogP contribution in [-0.2, 0) is 6.42 Å². The van der Waals surface area contributed by atoms with Crippen molar-refractivity contribution in [1.82, 2.24) is 0 Å². The van der Waals surface area contributed by atoms with Gasteiger partial charge in [-0.3, -0.25) is 0 Å². The van der Waals surface area contributed by atoms with Crippen LogP contribution in [0.5, 0.6) is 0 Å². The lowest BCUT2D eigenvalue weighted by molar-refractivity contribution is 0.364. The van der Waals surface area contributed by atoms with Gasteiger partial charge >= 0.3 is 0 Å². The predicted molar refractivity (Wildman–Crippen MR) is 48.8 cm³/mol. The molecule has 0 nitrogen and oxygen atoms in total. The minimum atomic E-state index is -1.01. The van der Waals surface area contributed by atoms with Gasteiger partial charge in [-0.2, -0.15) is 0 Å². The summed E-state index contributed by atoms with van der Waals surface area (Å²) in [6.45, 7) is 0. The standard InChI is InChI=1S/C9H9BrF2/c10-6-8(11)5-7-3-1-2-4-9(7)12/h1-4,8H,5-6H2/t8-/m1/s1. The van der Waals surface area contributed by atoms with Crippen molar-refractivity contribution in [3.63, 3.8) is 0 Å². The summed E-state index contributed by atoms with van der Waals surface area (Å²) in [5, 5.41) is 0.251. The molecule has 1 aromatic rings. The van der Waals surface area contributed by atoms with Crippen LogP contribution in [0.15, 0.2) is 24.3 Å². The molecule has 0 N–H and O–H groups in total. The molecule has 1 aromatic carbocycles. The zero-order chi connectivity index (χ0) is 8.97. The van der Waals surface area contributed by atoms with Gasteiger partial charge in [-0.25, -0.2) is 8.78 Å². The zero-order valence-corrected chi connectivity index (χ0v) is 8.02. The molecule has 0 bridgehead atoms. The van der Waals surface area contributed by atoms with Crippen molar-refractivity contribution in [2.24, 2.45) is 0 Å². The third kappa shape index (κ3) is 2.55. The van der Waals surface area contributed by atoms with E-state index in [9.17, 15) is 8.78 Å². The molecular weight excluding hydrogens is 226 g/mol. The maximum atomic E-state index is 12.9. The molecule has 0 aliphatic carbocycles. The summed E-state index contributed by atoms with van der Waals surface area (Å²) in [5.74, 6) is -0.332. The van der Waals surface area contributed by atoms with Gasteiger partial charge in [-0.15, -0.1) is 0 Å². The molecule has 0 aromatic heterocycles. The molecule has 0 spiro atoms. The smallest absolute Gasteiger partial charge is 0.126 e. The van der Waals surface area contributed by atoms with Crippen LogP contribution in [0, 0.1) is 5.82 Å². The van der Waals surface area contributed by atoms with E-state index in [0.29, 0.717) is 5.56 Å². The SMILES string of the molecule is Fc1ccccc1C[C@@H](F)CBr. The molecule has 1 atom stereocenters. The molecule has 0 heterocycles. The predicted octanol–water partition coefficient (Wildman–Crippen LogP) is 3.10. The molecule has 0 fully saturated rings. The fourth-order valence-electron chi connectivity index (χ4n) is 0.957. The Morgan fingerprint density at radius 1 is 1.33 bits per heavy atom. The molecule has 0 saturated carbocycles. The third-order valence-electron chi connectivity index (χ3n) is 1.57. The maximum Gasteiger partial charge on any atom is 0.126 e. The lowest BCUT2D eigenvalue weighted by Crippen LogP contribution is -2.07. The van der Waals surface area contributed by atoms with Gasteiger partial charge in [0.1, 0.15) is 12.0 Å². The van der Waals surface area contributed by atoms with E-state index in [1.807, 2.05) is 0 Å². The van der Waals surface area contributed by atoms with Crippen LogP contribution in [0.1, 0.15) is 5.56 Å². The van der Waals surface area contributed by atoms with Crippen molar-refractivity contribution in [1.29, 1.82) is 0 Å². The largest absolute Gasteiger partial charge is 0.246 e. The summed E-state index contributed by atoms with van der Waals surface area (Å²) in [7, 11) is 0. The second-order valence-electron chi connectivity index (χ2n) is 2.55. The van der Waals surface area contributed by atoms with E-state index in [1.54, 1.807) is 18.2 Å². The van der Waals surface area contributed by atoms with Gasteiger partial charge in [0.15, 0.2) is 0 Å². The van der Waals surface area contributed by atoms with Gasteiger partial charge in [-0.05, 0) is 11.6 Å². The number of rotatable bonds is 3. The topological polar surface area (TPSA) is 0 Å². The average molecular weight is 235 g/mol. The molecule has 66 valence electrons. The summed E-state index contributed by atoms with van der Waals surface area (Å²) in [5.41, 5.74) is 0.435. The molecule has 0 saturated heterocycles. The summed E-state index contributed by atoms with van der Waals surface area (Å²) in [6, 6.07) is 6.25. The number of alkyl halides is 2. The van der Waals surface area contributed by atoms with E-state index in [-0.39, 0.29) is 17.6 Å². The summed E-state index contributed by atoms with van der Waals surface area (Å²) >= 11 is 3.00. The van der Waals surface area contributed by atoms with Crippen molar-refractivity contribution in [2.45, 2.75) is 12.6 Å². The fourth-order valence-corrected chi connectivity index (χ4v) is 1.19. The minimum Gasteiger partial charge on any atom is -0.246 e. The number of benzene rings is 1. The monoisotopic (exact) mass is 234 g/mol. The van der Waals surface area contributed by atoms with E-state index < -0.39 is 6.17 Å². The maximum absolute atomic E-state index is 12.9. The van der Waals surface area contributed by atoms with E-state index in [4.69, 9.17) is 0 Å². The molecular formula is C9H9BrF2. The highest BCUT2D eigenvalue weighted by Crippen LogP contribution is 2.11.